The van der Waals surface area contributed by atoms with Gasteiger partial charge in [-0.05, 0) is 61.6 Å². The highest BCUT2D eigenvalue weighted by Gasteiger charge is 2.25. The fourth-order valence-electron chi connectivity index (χ4n) is 4.80. The molecule has 2 N–H and O–H groups in total. The zero-order valence-electron chi connectivity index (χ0n) is 19.3. The van der Waals surface area contributed by atoms with E-state index in [1.54, 1.807) is 7.11 Å². The van der Waals surface area contributed by atoms with Gasteiger partial charge in [0.1, 0.15) is 5.75 Å². The molecule has 2 aliphatic rings. The van der Waals surface area contributed by atoms with E-state index in [4.69, 9.17) is 4.74 Å². The number of fused-ring (bicyclic) bond motifs is 2. The fraction of sp³-hybridized carbons (Fsp3) is 0.296. The molecule has 0 spiro atoms. The van der Waals surface area contributed by atoms with Gasteiger partial charge in [0, 0.05) is 29.9 Å². The number of amides is 1. The predicted octanol–water partition coefficient (Wildman–Crippen LogP) is 6.49. The van der Waals surface area contributed by atoms with Crippen LogP contribution in [0.15, 0.2) is 66.7 Å². The first-order valence-corrected chi connectivity index (χ1v) is 11.4. The van der Waals surface area contributed by atoms with Gasteiger partial charge in [0.05, 0.1) is 24.5 Å². The summed E-state index contributed by atoms with van der Waals surface area (Å²) in [5.74, 6) is 0.779. The Bertz CT molecular complexity index is 1140. The molecule has 7 heteroatoms. The summed E-state index contributed by atoms with van der Waals surface area (Å²) in [5, 5.41) is 7.13. The van der Waals surface area contributed by atoms with Crippen molar-refractivity contribution in [1.29, 1.82) is 0 Å². The maximum absolute atomic E-state index is 13.5. The molecule has 3 aromatic rings. The number of ether oxygens (including phenoxy) is 1. The van der Waals surface area contributed by atoms with Crippen molar-refractivity contribution in [3.8, 4) is 5.75 Å². The van der Waals surface area contributed by atoms with Crippen LogP contribution in [0.3, 0.4) is 0 Å². The molecule has 0 fully saturated rings. The van der Waals surface area contributed by atoms with Gasteiger partial charge in [-0.1, -0.05) is 36.4 Å². The average Bonchev–Trinajstić information content (AvgIpc) is 3.19. The van der Waals surface area contributed by atoms with Gasteiger partial charge in [-0.15, -0.1) is 24.8 Å². The third-order valence-electron chi connectivity index (χ3n) is 6.47. The minimum Gasteiger partial charge on any atom is -0.496 e. The number of methoxy groups -OCH3 is 1. The molecule has 2 heterocycles. The monoisotopic (exact) mass is 499 g/mol. The van der Waals surface area contributed by atoms with Crippen LogP contribution in [0.4, 0.5) is 17.1 Å². The molecule has 0 radical (unpaired) electrons. The third kappa shape index (κ3) is 5.11. The molecule has 0 aliphatic carbocycles. The van der Waals surface area contributed by atoms with E-state index in [1.807, 2.05) is 41.3 Å². The summed E-state index contributed by atoms with van der Waals surface area (Å²) in [6.07, 6.45) is 4.04. The number of hydrogen-bond acceptors (Lipinski definition) is 4. The number of aryl methyl sites for hydroxylation is 1. The van der Waals surface area contributed by atoms with Crippen LogP contribution < -0.4 is 20.3 Å². The maximum atomic E-state index is 13.5. The number of hydrogen-bond donors (Lipinski definition) is 2. The summed E-state index contributed by atoms with van der Waals surface area (Å²) in [6.45, 7) is 1.61. The Balaban J connectivity index is 0.00000162. The van der Waals surface area contributed by atoms with Crippen LogP contribution in [0.25, 0.3) is 0 Å². The van der Waals surface area contributed by atoms with Gasteiger partial charge in [0.15, 0.2) is 0 Å². The molecule has 2 aliphatic heterocycles. The Labute approximate surface area is 213 Å². The molecule has 3 aromatic carbocycles. The van der Waals surface area contributed by atoms with Gasteiger partial charge in [-0.2, -0.15) is 0 Å². The van der Waals surface area contributed by atoms with Crippen LogP contribution in [0.2, 0.25) is 0 Å². The van der Waals surface area contributed by atoms with E-state index in [-0.39, 0.29) is 36.8 Å². The van der Waals surface area contributed by atoms with Crippen molar-refractivity contribution in [1.82, 2.24) is 0 Å². The van der Waals surface area contributed by atoms with E-state index in [1.165, 1.54) is 5.56 Å². The summed E-state index contributed by atoms with van der Waals surface area (Å²) < 4.78 is 5.77. The van der Waals surface area contributed by atoms with Gasteiger partial charge in [-0.25, -0.2) is 0 Å². The van der Waals surface area contributed by atoms with Crippen LogP contribution in [0.1, 0.15) is 46.8 Å². The molecule has 0 saturated heterocycles. The minimum atomic E-state index is 0. The van der Waals surface area contributed by atoms with Crippen molar-refractivity contribution < 1.29 is 9.53 Å². The molecular weight excluding hydrogens is 469 g/mol. The Morgan fingerprint density at radius 3 is 2.56 bits per heavy atom. The van der Waals surface area contributed by atoms with Gasteiger partial charge >= 0.3 is 0 Å². The van der Waals surface area contributed by atoms with Crippen LogP contribution >= 0.6 is 24.8 Å². The Kier molecular flexibility index (Phi) is 8.70. The summed E-state index contributed by atoms with van der Waals surface area (Å²) >= 11 is 0. The third-order valence-corrected chi connectivity index (χ3v) is 6.47. The second kappa shape index (κ2) is 11.5. The second-order valence-corrected chi connectivity index (χ2v) is 8.46. The molecule has 5 nitrogen and oxygen atoms in total. The number of anilines is 3. The molecule has 0 saturated carbocycles. The Morgan fingerprint density at radius 2 is 1.74 bits per heavy atom. The summed E-state index contributed by atoms with van der Waals surface area (Å²) in [6, 6.07) is 22.5. The quantitative estimate of drug-likeness (QED) is 0.432. The van der Waals surface area contributed by atoms with E-state index in [0.717, 1.165) is 67.1 Å². The van der Waals surface area contributed by atoms with Gasteiger partial charge < -0.3 is 20.3 Å². The number of para-hydroxylation sites is 3. The number of nitrogens with zero attached hydrogens (tertiary/aromatic N) is 1. The van der Waals surface area contributed by atoms with E-state index in [0.29, 0.717) is 5.56 Å². The molecule has 5 rings (SSSR count). The molecule has 1 amide bonds. The smallest absolute Gasteiger partial charge is 0.258 e. The summed E-state index contributed by atoms with van der Waals surface area (Å²) in [4.78, 5) is 15.5. The van der Waals surface area contributed by atoms with Crippen LogP contribution in [0, 0.1) is 0 Å². The van der Waals surface area contributed by atoms with Crippen LogP contribution in [-0.2, 0) is 6.42 Å². The number of halogens is 2. The van der Waals surface area contributed by atoms with Crippen molar-refractivity contribution in [2.24, 2.45) is 0 Å². The van der Waals surface area contributed by atoms with Gasteiger partial charge in [0.25, 0.3) is 5.91 Å². The molecule has 0 bridgehead atoms. The number of carbonyl (C=O) groups excluding carboxylic acids is 1. The number of nitrogens with one attached hydrogen (secondary N) is 2. The molecule has 180 valence electrons. The first-order valence-electron chi connectivity index (χ1n) is 11.4. The van der Waals surface area contributed by atoms with Crippen molar-refractivity contribution in [3.05, 3.63) is 83.4 Å². The van der Waals surface area contributed by atoms with Gasteiger partial charge in [-0.3, -0.25) is 4.79 Å². The standard InChI is InChI=1S/C27H29N3O2.2ClH/c1-32-26-18-20(27(31)30-17-7-6-9-19-8-2-5-12-25(19)30)13-14-21(26)22-15-16-28-23-10-3-4-11-24(23)29-22;;/h2-5,8,10-14,18,22,28-29H,6-7,9,15-17H2,1H3;2*1H. The lowest BCUT2D eigenvalue weighted by molar-refractivity contribution is 0.0986. The summed E-state index contributed by atoms with van der Waals surface area (Å²) in [5.41, 5.74) is 6.20. The highest BCUT2D eigenvalue weighted by Crippen LogP contribution is 2.36. The normalized spacial score (nSPS) is 16.6. The Hall–Kier alpha value is -2.89. The highest BCUT2D eigenvalue weighted by molar-refractivity contribution is 6.07. The first-order chi connectivity index (χ1) is 15.7. The number of benzene rings is 3. The number of rotatable bonds is 3. The lowest BCUT2D eigenvalue weighted by Crippen LogP contribution is -2.31. The van der Waals surface area contributed by atoms with E-state index in [2.05, 4.69) is 41.0 Å². The zero-order valence-corrected chi connectivity index (χ0v) is 20.9. The molecule has 1 unspecified atom stereocenters. The Morgan fingerprint density at radius 1 is 0.971 bits per heavy atom. The van der Waals surface area contributed by atoms with Crippen molar-refractivity contribution in [3.63, 3.8) is 0 Å². The van der Waals surface area contributed by atoms with E-state index < -0.39 is 0 Å². The molecule has 0 aromatic heterocycles. The molecule has 1 atom stereocenters. The molecule has 34 heavy (non-hydrogen) atoms. The first kappa shape index (κ1) is 25.7. The second-order valence-electron chi connectivity index (χ2n) is 8.46. The fourth-order valence-corrected chi connectivity index (χ4v) is 4.80. The largest absolute Gasteiger partial charge is 0.496 e. The number of carbonyl (C=O) groups is 1. The van der Waals surface area contributed by atoms with E-state index >= 15 is 0 Å². The molecular formula is C27H31Cl2N3O2. The van der Waals surface area contributed by atoms with Crippen molar-refractivity contribution in [2.45, 2.75) is 31.7 Å². The summed E-state index contributed by atoms with van der Waals surface area (Å²) in [7, 11) is 1.68. The minimum absolute atomic E-state index is 0. The van der Waals surface area contributed by atoms with Crippen LogP contribution in [-0.4, -0.2) is 26.1 Å². The predicted molar refractivity (Wildman–Crippen MR) is 144 cm³/mol. The topological polar surface area (TPSA) is 53.6 Å². The van der Waals surface area contributed by atoms with Crippen LogP contribution in [0.5, 0.6) is 5.75 Å². The zero-order chi connectivity index (χ0) is 21.9. The lowest BCUT2D eigenvalue weighted by atomic mass is 9.99. The van der Waals surface area contributed by atoms with E-state index in [9.17, 15) is 4.79 Å². The SMILES string of the molecule is COc1cc(C(=O)N2CCCCc3ccccc32)ccc1C1CCNc2ccccc2N1.Cl.Cl. The maximum Gasteiger partial charge on any atom is 0.258 e. The average molecular weight is 500 g/mol. The van der Waals surface area contributed by atoms with Crippen molar-refractivity contribution in [2.75, 3.05) is 35.7 Å². The van der Waals surface area contributed by atoms with Crippen molar-refractivity contribution >= 4 is 47.8 Å². The highest BCUT2D eigenvalue weighted by atomic mass is 35.5. The lowest BCUT2D eigenvalue weighted by Gasteiger charge is -2.24. The van der Waals surface area contributed by atoms with Gasteiger partial charge in [0.2, 0.25) is 0 Å².